The van der Waals surface area contributed by atoms with Crippen LogP contribution in [0, 0.1) is 0 Å². The van der Waals surface area contributed by atoms with Crippen molar-refractivity contribution in [3.8, 4) is 17.0 Å². The molecule has 108 valence electrons. The van der Waals surface area contributed by atoms with Crippen LogP contribution in [0.2, 0.25) is 5.02 Å². The number of H-pyrrole nitrogens is 1. The minimum absolute atomic E-state index is 0.459. The normalized spacial score (nSPS) is 11.3. The first-order chi connectivity index (χ1) is 10.1. The van der Waals surface area contributed by atoms with Gasteiger partial charge in [-0.25, -0.2) is 4.98 Å². The van der Waals surface area contributed by atoms with Crippen LogP contribution in [0.1, 0.15) is 25.5 Å². The molecule has 1 N–H and O–H groups in total. The topological polar surface area (TPSA) is 37.9 Å². The summed E-state index contributed by atoms with van der Waals surface area (Å²) in [5.74, 6) is 1.04. The minimum atomic E-state index is 0.459. The number of pyridine rings is 1. The Kier molecular flexibility index (Phi) is 3.60. The standard InChI is InChI=1S/C17H17ClN2O/c1-10(2)15-7-12-6-14(18)13(9-16(12)20-15)11-4-5-19-17(8-11)21-3/h4-10,20H,1-3H3. The highest BCUT2D eigenvalue weighted by molar-refractivity contribution is 6.34. The van der Waals surface area contributed by atoms with Crippen LogP contribution in [0.4, 0.5) is 0 Å². The monoisotopic (exact) mass is 300 g/mol. The third-order valence-electron chi connectivity index (χ3n) is 3.61. The van der Waals surface area contributed by atoms with E-state index >= 15 is 0 Å². The fraction of sp³-hybridized carbons (Fsp3) is 0.235. The Bertz CT molecular complexity index is 793. The Hall–Kier alpha value is -2.00. The van der Waals surface area contributed by atoms with Crippen molar-refractivity contribution >= 4 is 22.5 Å². The molecule has 0 spiro atoms. The van der Waals surface area contributed by atoms with Gasteiger partial charge < -0.3 is 9.72 Å². The van der Waals surface area contributed by atoms with Crippen LogP contribution in [0.15, 0.2) is 36.5 Å². The molecule has 1 aromatic carbocycles. The highest BCUT2D eigenvalue weighted by Crippen LogP contribution is 2.34. The molecule has 4 heteroatoms. The van der Waals surface area contributed by atoms with E-state index in [0.717, 1.165) is 27.1 Å². The van der Waals surface area contributed by atoms with E-state index in [4.69, 9.17) is 16.3 Å². The number of halogens is 1. The first-order valence-corrected chi connectivity index (χ1v) is 7.29. The predicted octanol–water partition coefficient (Wildman–Crippen LogP) is 5.02. The maximum Gasteiger partial charge on any atom is 0.213 e. The van der Waals surface area contributed by atoms with E-state index in [-0.39, 0.29) is 0 Å². The Morgan fingerprint density at radius 2 is 2.00 bits per heavy atom. The third kappa shape index (κ3) is 2.61. The van der Waals surface area contributed by atoms with Crippen molar-refractivity contribution in [2.45, 2.75) is 19.8 Å². The van der Waals surface area contributed by atoms with Crippen LogP contribution >= 0.6 is 11.6 Å². The van der Waals surface area contributed by atoms with E-state index in [1.807, 2.05) is 18.2 Å². The van der Waals surface area contributed by atoms with E-state index < -0.39 is 0 Å². The Morgan fingerprint density at radius 1 is 1.19 bits per heavy atom. The van der Waals surface area contributed by atoms with Gasteiger partial charge in [-0.2, -0.15) is 0 Å². The van der Waals surface area contributed by atoms with Crippen molar-refractivity contribution in [1.82, 2.24) is 9.97 Å². The lowest BCUT2D eigenvalue weighted by atomic mass is 10.1. The second-order valence-electron chi connectivity index (χ2n) is 5.39. The molecule has 0 unspecified atom stereocenters. The van der Waals surface area contributed by atoms with E-state index in [2.05, 4.69) is 35.9 Å². The van der Waals surface area contributed by atoms with Crippen LogP contribution in [0.5, 0.6) is 5.88 Å². The van der Waals surface area contributed by atoms with Gasteiger partial charge in [0.25, 0.3) is 0 Å². The number of hydrogen-bond donors (Lipinski definition) is 1. The van der Waals surface area contributed by atoms with Gasteiger partial charge in [0.2, 0.25) is 5.88 Å². The first kappa shape index (κ1) is 14.0. The molecule has 2 heterocycles. The molecule has 0 aliphatic carbocycles. The van der Waals surface area contributed by atoms with Gasteiger partial charge >= 0.3 is 0 Å². The number of fused-ring (bicyclic) bond motifs is 1. The molecule has 0 fully saturated rings. The van der Waals surface area contributed by atoms with Crippen LogP contribution in [0.25, 0.3) is 22.0 Å². The maximum absolute atomic E-state index is 6.45. The average molecular weight is 301 g/mol. The summed E-state index contributed by atoms with van der Waals surface area (Å²) in [5.41, 5.74) is 4.27. The molecule has 0 aliphatic heterocycles. The van der Waals surface area contributed by atoms with Crippen molar-refractivity contribution in [2.24, 2.45) is 0 Å². The van der Waals surface area contributed by atoms with Gasteiger partial charge in [-0.3, -0.25) is 0 Å². The van der Waals surface area contributed by atoms with Crippen molar-refractivity contribution < 1.29 is 4.74 Å². The number of hydrogen-bond acceptors (Lipinski definition) is 2. The SMILES string of the molecule is COc1cc(-c2cc3[nH]c(C(C)C)cc3cc2Cl)ccn1. The lowest BCUT2D eigenvalue weighted by Crippen LogP contribution is -1.88. The third-order valence-corrected chi connectivity index (χ3v) is 3.92. The van der Waals surface area contributed by atoms with Gasteiger partial charge in [-0.1, -0.05) is 25.4 Å². The summed E-state index contributed by atoms with van der Waals surface area (Å²) < 4.78 is 5.18. The number of nitrogens with zero attached hydrogens (tertiary/aromatic N) is 1. The molecular formula is C17H17ClN2O. The summed E-state index contributed by atoms with van der Waals surface area (Å²) in [7, 11) is 1.61. The number of ether oxygens (including phenoxy) is 1. The Morgan fingerprint density at radius 3 is 2.71 bits per heavy atom. The quantitative estimate of drug-likeness (QED) is 0.738. The van der Waals surface area contributed by atoms with Gasteiger partial charge in [0, 0.05) is 39.4 Å². The fourth-order valence-electron chi connectivity index (χ4n) is 2.40. The summed E-state index contributed by atoms with van der Waals surface area (Å²) in [6.45, 7) is 4.34. The molecule has 0 saturated carbocycles. The van der Waals surface area contributed by atoms with Crippen molar-refractivity contribution in [3.05, 3.63) is 47.2 Å². The predicted molar refractivity (Wildman–Crippen MR) is 87.2 cm³/mol. The van der Waals surface area contributed by atoms with Crippen LogP contribution in [-0.2, 0) is 0 Å². The summed E-state index contributed by atoms with van der Waals surface area (Å²) in [5, 5.41) is 1.86. The van der Waals surface area contributed by atoms with Gasteiger partial charge in [-0.05, 0) is 35.7 Å². The molecule has 0 amide bonds. The molecule has 3 nitrogen and oxygen atoms in total. The molecule has 3 aromatic rings. The molecule has 21 heavy (non-hydrogen) atoms. The van der Waals surface area contributed by atoms with Crippen LogP contribution in [0.3, 0.4) is 0 Å². The summed E-state index contributed by atoms with van der Waals surface area (Å²) >= 11 is 6.45. The van der Waals surface area contributed by atoms with Crippen molar-refractivity contribution in [1.29, 1.82) is 0 Å². The molecule has 0 bridgehead atoms. The average Bonchev–Trinajstić information content (AvgIpc) is 2.89. The highest BCUT2D eigenvalue weighted by atomic mass is 35.5. The van der Waals surface area contributed by atoms with Crippen LogP contribution in [-0.4, -0.2) is 17.1 Å². The smallest absolute Gasteiger partial charge is 0.213 e. The zero-order valence-electron chi connectivity index (χ0n) is 12.3. The number of aromatic amines is 1. The fourth-order valence-corrected chi connectivity index (χ4v) is 2.68. The molecular weight excluding hydrogens is 284 g/mol. The number of benzene rings is 1. The lowest BCUT2D eigenvalue weighted by molar-refractivity contribution is 0.398. The second-order valence-corrected chi connectivity index (χ2v) is 5.79. The number of methoxy groups -OCH3 is 1. The first-order valence-electron chi connectivity index (χ1n) is 6.91. The number of aromatic nitrogens is 2. The van der Waals surface area contributed by atoms with Crippen molar-refractivity contribution in [3.63, 3.8) is 0 Å². The molecule has 0 radical (unpaired) electrons. The summed E-state index contributed by atoms with van der Waals surface area (Å²) in [6.07, 6.45) is 1.73. The second kappa shape index (κ2) is 5.41. The van der Waals surface area contributed by atoms with Gasteiger partial charge in [0.05, 0.1) is 7.11 Å². The maximum atomic E-state index is 6.45. The Labute approximate surface area is 128 Å². The zero-order chi connectivity index (χ0) is 15.0. The lowest BCUT2D eigenvalue weighted by Gasteiger charge is -2.06. The van der Waals surface area contributed by atoms with E-state index in [1.54, 1.807) is 13.3 Å². The van der Waals surface area contributed by atoms with E-state index in [0.29, 0.717) is 11.8 Å². The summed E-state index contributed by atoms with van der Waals surface area (Å²) in [4.78, 5) is 7.59. The van der Waals surface area contributed by atoms with Crippen molar-refractivity contribution in [2.75, 3.05) is 7.11 Å². The number of rotatable bonds is 3. The van der Waals surface area contributed by atoms with Gasteiger partial charge in [0.1, 0.15) is 0 Å². The molecule has 0 saturated heterocycles. The molecule has 3 rings (SSSR count). The Balaban J connectivity index is 2.15. The van der Waals surface area contributed by atoms with E-state index in [1.165, 1.54) is 5.69 Å². The highest BCUT2D eigenvalue weighted by Gasteiger charge is 2.10. The molecule has 0 aliphatic rings. The summed E-state index contributed by atoms with van der Waals surface area (Å²) in [6, 6.07) is 10.1. The molecule has 0 atom stereocenters. The van der Waals surface area contributed by atoms with Crippen LogP contribution < -0.4 is 4.74 Å². The zero-order valence-corrected chi connectivity index (χ0v) is 13.0. The van der Waals surface area contributed by atoms with E-state index in [9.17, 15) is 0 Å². The largest absolute Gasteiger partial charge is 0.481 e. The number of nitrogens with one attached hydrogen (secondary N) is 1. The van der Waals surface area contributed by atoms with Gasteiger partial charge in [-0.15, -0.1) is 0 Å². The molecule has 2 aromatic heterocycles. The van der Waals surface area contributed by atoms with Gasteiger partial charge in [0.15, 0.2) is 0 Å². The minimum Gasteiger partial charge on any atom is -0.481 e.